The van der Waals surface area contributed by atoms with Crippen LogP contribution in [0.1, 0.15) is 52.0 Å². The molecule has 2 heterocycles. The van der Waals surface area contributed by atoms with E-state index in [0.717, 1.165) is 0 Å². The normalized spacial score (nSPS) is 25.0. The lowest BCUT2D eigenvalue weighted by Gasteiger charge is -2.39. The molecule has 6 rings (SSSR count). The number of aliphatic hydroxyl groups is 3. The molecule has 2 aliphatic rings. The minimum Gasteiger partial charge on any atom is -0.508 e. The molecule has 0 amide bonds. The first-order chi connectivity index (χ1) is 19.5. The molecule has 0 bridgehead atoms. The lowest BCUT2D eigenvalue weighted by molar-refractivity contribution is -0.0702. The molecule has 11 nitrogen and oxygen atoms in total. The van der Waals surface area contributed by atoms with Gasteiger partial charge in [0.1, 0.15) is 41.3 Å². The van der Waals surface area contributed by atoms with E-state index in [4.69, 9.17) is 9.47 Å². The second-order valence-corrected chi connectivity index (χ2v) is 10.1. The second kappa shape index (κ2) is 9.66. The third-order valence-electron chi connectivity index (χ3n) is 7.59. The lowest BCUT2D eigenvalue weighted by Crippen LogP contribution is -2.36. The Hall–Kier alpha value is -4.84. The molecule has 212 valence electrons. The van der Waals surface area contributed by atoms with Crippen LogP contribution >= 0.6 is 0 Å². The average molecular weight is 563 g/mol. The summed E-state index contributed by atoms with van der Waals surface area (Å²) in [5, 5.41) is 94.2. The summed E-state index contributed by atoms with van der Waals surface area (Å²) in [6.45, 7) is 0. The maximum Gasteiger partial charge on any atom is 0.157 e. The molecule has 4 aromatic carbocycles. The van der Waals surface area contributed by atoms with Gasteiger partial charge in [-0.1, -0.05) is 18.2 Å². The van der Waals surface area contributed by atoms with Crippen LogP contribution in [0.4, 0.5) is 0 Å². The number of hydrogen-bond donors (Lipinski definition) is 9. The highest BCUT2D eigenvalue weighted by molar-refractivity contribution is 5.57. The van der Waals surface area contributed by atoms with Gasteiger partial charge in [0.25, 0.3) is 0 Å². The van der Waals surface area contributed by atoms with Gasteiger partial charge in [-0.05, 0) is 47.5 Å². The number of ether oxygens (including phenoxy) is 2. The summed E-state index contributed by atoms with van der Waals surface area (Å²) < 4.78 is 11.9. The Morgan fingerprint density at radius 3 is 1.61 bits per heavy atom. The van der Waals surface area contributed by atoms with Crippen LogP contribution in [0, 0.1) is 0 Å². The summed E-state index contributed by atoms with van der Waals surface area (Å²) in [6, 6.07) is 14.7. The highest BCUT2D eigenvalue weighted by Gasteiger charge is 2.43. The van der Waals surface area contributed by atoms with Gasteiger partial charge < -0.3 is 55.4 Å². The van der Waals surface area contributed by atoms with Gasteiger partial charge >= 0.3 is 0 Å². The molecule has 9 N–H and O–H groups in total. The minimum absolute atomic E-state index is 0.0501. The summed E-state index contributed by atoms with van der Waals surface area (Å²) in [6.07, 6.45) is -6.60. The third kappa shape index (κ3) is 4.36. The molecule has 0 unspecified atom stereocenters. The molecule has 4 aromatic rings. The molecule has 0 aromatic heterocycles. The maximum absolute atomic E-state index is 11.6. The Kier molecular flexibility index (Phi) is 6.22. The van der Waals surface area contributed by atoms with Crippen molar-refractivity contribution in [3.05, 3.63) is 94.5 Å². The van der Waals surface area contributed by atoms with Gasteiger partial charge in [0.2, 0.25) is 0 Å². The molecular formula is C30H26O11. The van der Waals surface area contributed by atoms with Gasteiger partial charge in [0.15, 0.2) is 35.2 Å². The molecule has 2 aliphatic heterocycles. The molecule has 6 atom stereocenters. The topological polar surface area (TPSA) is 201 Å². The highest BCUT2D eigenvalue weighted by Crippen LogP contribution is 2.52. The van der Waals surface area contributed by atoms with E-state index in [2.05, 4.69) is 0 Å². The van der Waals surface area contributed by atoms with Crippen LogP contribution in [-0.2, 0) is 0 Å². The zero-order chi connectivity index (χ0) is 29.2. The molecule has 41 heavy (non-hydrogen) atoms. The van der Waals surface area contributed by atoms with E-state index in [0.29, 0.717) is 11.1 Å². The smallest absolute Gasteiger partial charge is 0.157 e. The molecule has 0 spiro atoms. The van der Waals surface area contributed by atoms with Crippen molar-refractivity contribution in [3.63, 3.8) is 0 Å². The van der Waals surface area contributed by atoms with Gasteiger partial charge in [-0.15, -0.1) is 0 Å². The van der Waals surface area contributed by atoms with E-state index >= 15 is 0 Å². The van der Waals surface area contributed by atoms with E-state index < -0.39 is 47.9 Å². The fourth-order valence-electron chi connectivity index (χ4n) is 5.51. The molecule has 11 heteroatoms. The van der Waals surface area contributed by atoms with Crippen LogP contribution in [0.3, 0.4) is 0 Å². The fourth-order valence-corrected chi connectivity index (χ4v) is 5.51. The minimum atomic E-state index is -1.50. The highest BCUT2D eigenvalue weighted by atomic mass is 16.5. The van der Waals surface area contributed by atoms with Gasteiger partial charge in [-0.3, -0.25) is 0 Å². The van der Waals surface area contributed by atoms with Crippen molar-refractivity contribution < 1.29 is 55.4 Å². The van der Waals surface area contributed by atoms with Gasteiger partial charge in [0, 0.05) is 34.7 Å². The molecule has 0 saturated carbocycles. The summed E-state index contributed by atoms with van der Waals surface area (Å²) in [4.78, 5) is 0. The SMILES string of the molecule is Oc1ccc2c(c1)O[C@H](c1ccc(O)c(O)c1)[C@@H](O)[C@H]2c1cc2c(cc1O)O[C@H](c1ccc(O)c(O)c1)[C@@H](O)[C@@H]2O. The number of fused-ring (bicyclic) bond motifs is 2. The molecule has 0 aliphatic carbocycles. The largest absolute Gasteiger partial charge is 0.508 e. The zero-order valence-electron chi connectivity index (χ0n) is 21.2. The number of rotatable bonds is 3. The summed E-state index contributed by atoms with van der Waals surface area (Å²) in [5.74, 6) is -2.75. The van der Waals surface area contributed by atoms with E-state index in [9.17, 15) is 46.0 Å². The molecule has 0 fully saturated rings. The second-order valence-electron chi connectivity index (χ2n) is 10.1. The van der Waals surface area contributed by atoms with Gasteiger partial charge in [-0.25, -0.2) is 0 Å². The third-order valence-corrected chi connectivity index (χ3v) is 7.59. The van der Waals surface area contributed by atoms with E-state index in [-0.39, 0.29) is 51.2 Å². The first kappa shape index (κ1) is 26.4. The monoisotopic (exact) mass is 562 g/mol. The van der Waals surface area contributed by atoms with Gasteiger partial charge in [-0.2, -0.15) is 0 Å². The summed E-state index contributed by atoms with van der Waals surface area (Å²) >= 11 is 0. The van der Waals surface area contributed by atoms with Crippen molar-refractivity contribution in [3.8, 4) is 46.0 Å². The maximum atomic E-state index is 11.6. The lowest BCUT2D eigenvalue weighted by atomic mass is 9.78. The van der Waals surface area contributed by atoms with E-state index in [1.165, 1.54) is 66.7 Å². The number of hydrogen-bond acceptors (Lipinski definition) is 11. The van der Waals surface area contributed by atoms with Crippen molar-refractivity contribution in [2.75, 3.05) is 0 Å². The first-order valence-corrected chi connectivity index (χ1v) is 12.6. The van der Waals surface area contributed by atoms with E-state index in [1.54, 1.807) is 0 Å². The summed E-state index contributed by atoms with van der Waals surface area (Å²) in [5.41, 5.74) is 1.28. The fraction of sp³-hybridized carbons (Fsp3) is 0.200. The van der Waals surface area contributed by atoms with E-state index in [1.807, 2.05) is 0 Å². The van der Waals surface area contributed by atoms with Crippen LogP contribution in [0.2, 0.25) is 0 Å². The van der Waals surface area contributed by atoms with Crippen LogP contribution in [-0.4, -0.2) is 58.2 Å². The number of phenols is 6. The van der Waals surface area contributed by atoms with Crippen molar-refractivity contribution >= 4 is 0 Å². The standard InChI is InChI=1S/C30H26O11/c31-14-3-4-15-23(9-14)40-29(12-1-5-18(32)21(35)7-12)27(38)25(15)16-10-17-24(11-20(16)34)41-30(28(39)26(17)37)13-2-6-19(33)22(36)8-13/h1-11,25-39H/t25-,26-,27+,28+,29-,30-/m1/s1. The van der Waals surface area contributed by atoms with Crippen molar-refractivity contribution in [1.29, 1.82) is 0 Å². The van der Waals surface area contributed by atoms with Crippen LogP contribution in [0.25, 0.3) is 0 Å². The first-order valence-electron chi connectivity index (χ1n) is 12.6. The Bertz CT molecular complexity index is 1650. The zero-order valence-corrected chi connectivity index (χ0v) is 21.2. The van der Waals surface area contributed by atoms with Gasteiger partial charge in [0.05, 0.1) is 0 Å². The molecule has 0 saturated heterocycles. The number of aromatic hydroxyl groups is 6. The van der Waals surface area contributed by atoms with Crippen molar-refractivity contribution in [2.45, 2.75) is 36.4 Å². The van der Waals surface area contributed by atoms with Crippen molar-refractivity contribution in [2.24, 2.45) is 0 Å². The number of phenolic OH excluding ortho intramolecular Hbond substituents is 6. The number of benzene rings is 4. The quantitative estimate of drug-likeness (QED) is 0.166. The van der Waals surface area contributed by atoms with Crippen LogP contribution in [0.5, 0.6) is 46.0 Å². The Morgan fingerprint density at radius 1 is 0.463 bits per heavy atom. The molecule has 0 radical (unpaired) electrons. The predicted molar refractivity (Wildman–Crippen MR) is 141 cm³/mol. The predicted octanol–water partition coefficient (Wildman–Crippen LogP) is 3.07. The number of aliphatic hydroxyl groups excluding tert-OH is 3. The Labute approximate surface area is 232 Å². The van der Waals surface area contributed by atoms with Crippen LogP contribution < -0.4 is 9.47 Å². The Morgan fingerprint density at radius 2 is 1.02 bits per heavy atom. The Balaban J connectivity index is 1.44. The summed E-state index contributed by atoms with van der Waals surface area (Å²) in [7, 11) is 0. The molecular weight excluding hydrogens is 536 g/mol. The van der Waals surface area contributed by atoms with Crippen molar-refractivity contribution in [1.82, 2.24) is 0 Å². The average Bonchev–Trinajstić information content (AvgIpc) is 2.94. The van der Waals surface area contributed by atoms with Crippen LogP contribution in [0.15, 0.2) is 66.7 Å².